The Hall–Kier alpha value is -1.27. The molecule has 1 aromatic carbocycles. The standard InChI is InChI=1S/C32H54O2Si2/c1-31(2,3)35(7,8)33-29-23-28(22-26-19-15-12-16-20-26)30(34-36(9,10)32(4,5)6)24-27(29)21-25-17-13-11-14-18-25/h21-24H,11-20H2,1-10H3. The lowest BCUT2D eigenvalue weighted by Gasteiger charge is -2.38. The highest BCUT2D eigenvalue weighted by Crippen LogP contribution is 2.44. The Morgan fingerprint density at radius 3 is 1.14 bits per heavy atom. The van der Waals surface area contributed by atoms with Gasteiger partial charge in [-0.05, 0) is 99.8 Å². The molecule has 2 aliphatic carbocycles. The van der Waals surface area contributed by atoms with Crippen LogP contribution in [0.5, 0.6) is 11.5 Å². The van der Waals surface area contributed by atoms with Crippen molar-refractivity contribution in [3.8, 4) is 11.5 Å². The summed E-state index contributed by atoms with van der Waals surface area (Å²) in [6.07, 6.45) is 17.7. The Morgan fingerprint density at radius 2 is 0.861 bits per heavy atom. The van der Waals surface area contributed by atoms with Crippen LogP contribution in [-0.2, 0) is 0 Å². The molecule has 0 aromatic heterocycles. The molecule has 2 saturated carbocycles. The Morgan fingerprint density at radius 1 is 0.556 bits per heavy atom. The quantitative estimate of drug-likeness (QED) is 0.343. The third-order valence-electron chi connectivity index (χ3n) is 9.20. The molecular formula is C32H54O2Si2. The fourth-order valence-electron chi connectivity index (χ4n) is 4.59. The van der Waals surface area contributed by atoms with E-state index in [0.29, 0.717) is 0 Å². The van der Waals surface area contributed by atoms with Crippen molar-refractivity contribution in [2.75, 3.05) is 0 Å². The van der Waals surface area contributed by atoms with Crippen molar-refractivity contribution >= 4 is 28.8 Å². The van der Waals surface area contributed by atoms with E-state index in [0.717, 1.165) is 11.5 Å². The smallest absolute Gasteiger partial charge is 0.250 e. The molecule has 202 valence electrons. The minimum Gasteiger partial charge on any atom is -0.543 e. The fourth-order valence-corrected chi connectivity index (χ4v) is 6.66. The molecule has 2 nitrogen and oxygen atoms in total. The van der Waals surface area contributed by atoms with E-state index in [9.17, 15) is 0 Å². The molecule has 2 aliphatic rings. The van der Waals surface area contributed by atoms with Crippen molar-refractivity contribution in [3.05, 3.63) is 34.4 Å². The normalized spacial score (nSPS) is 18.2. The van der Waals surface area contributed by atoms with Gasteiger partial charge in [-0.2, -0.15) is 0 Å². The van der Waals surface area contributed by atoms with Crippen LogP contribution in [0.1, 0.15) is 117 Å². The first-order chi connectivity index (χ1) is 16.6. The third kappa shape index (κ3) is 7.40. The average molecular weight is 527 g/mol. The van der Waals surface area contributed by atoms with E-state index in [1.165, 1.54) is 75.3 Å². The van der Waals surface area contributed by atoms with E-state index in [2.05, 4.69) is 92.0 Å². The zero-order valence-corrected chi connectivity index (χ0v) is 27.2. The van der Waals surface area contributed by atoms with Gasteiger partial charge in [0.25, 0.3) is 16.6 Å². The van der Waals surface area contributed by atoms with Crippen molar-refractivity contribution in [2.24, 2.45) is 0 Å². The highest BCUT2D eigenvalue weighted by Gasteiger charge is 2.41. The van der Waals surface area contributed by atoms with Crippen LogP contribution in [-0.4, -0.2) is 16.6 Å². The van der Waals surface area contributed by atoms with Crippen molar-refractivity contribution < 1.29 is 8.85 Å². The molecule has 0 bridgehead atoms. The molecule has 2 fully saturated rings. The zero-order chi connectivity index (χ0) is 26.8. The van der Waals surface area contributed by atoms with Crippen LogP contribution in [0.4, 0.5) is 0 Å². The van der Waals surface area contributed by atoms with Gasteiger partial charge < -0.3 is 8.85 Å². The number of rotatable bonds is 6. The zero-order valence-electron chi connectivity index (χ0n) is 25.2. The Balaban J connectivity index is 2.18. The summed E-state index contributed by atoms with van der Waals surface area (Å²) >= 11 is 0. The number of benzene rings is 1. The van der Waals surface area contributed by atoms with Crippen molar-refractivity contribution in [1.29, 1.82) is 0 Å². The summed E-state index contributed by atoms with van der Waals surface area (Å²) in [7, 11) is -3.99. The second-order valence-electron chi connectivity index (χ2n) is 14.4. The maximum atomic E-state index is 7.04. The topological polar surface area (TPSA) is 18.5 Å². The third-order valence-corrected chi connectivity index (χ3v) is 17.9. The van der Waals surface area contributed by atoms with Crippen LogP contribution in [0.15, 0.2) is 23.3 Å². The van der Waals surface area contributed by atoms with Gasteiger partial charge in [-0.15, -0.1) is 0 Å². The van der Waals surface area contributed by atoms with Crippen LogP contribution in [0.3, 0.4) is 0 Å². The largest absolute Gasteiger partial charge is 0.543 e. The second kappa shape index (κ2) is 11.2. The SMILES string of the molecule is CC(C)(C)[Si](C)(C)Oc1cc(C=C2CCCCC2)c(O[Si](C)(C)C(C)(C)C)cc1C=C1CCCCC1. The van der Waals surface area contributed by atoms with Gasteiger partial charge in [-0.25, -0.2) is 0 Å². The van der Waals surface area contributed by atoms with Crippen molar-refractivity contribution in [3.63, 3.8) is 0 Å². The highest BCUT2D eigenvalue weighted by molar-refractivity contribution is 6.75. The van der Waals surface area contributed by atoms with E-state index in [1.807, 2.05) is 0 Å². The van der Waals surface area contributed by atoms with Crippen LogP contribution in [0.25, 0.3) is 12.2 Å². The lowest BCUT2D eigenvalue weighted by atomic mass is 9.91. The summed E-state index contributed by atoms with van der Waals surface area (Å²) < 4.78 is 14.1. The lowest BCUT2D eigenvalue weighted by Crippen LogP contribution is -2.44. The molecule has 36 heavy (non-hydrogen) atoms. The highest BCUT2D eigenvalue weighted by atomic mass is 28.4. The van der Waals surface area contributed by atoms with Crippen LogP contribution < -0.4 is 8.85 Å². The summed E-state index contributed by atoms with van der Waals surface area (Å²) in [5.74, 6) is 2.12. The van der Waals surface area contributed by atoms with Crippen LogP contribution >= 0.6 is 0 Å². The van der Waals surface area contributed by atoms with Gasteiger partial charge in [0.15, 0.2) is 0 Å². The van der Waals surface area contributed by atoms with Gasteiger partial charge in [-0.1, -0.05) is 77.7 Å². The Kier molecular flexibility index (Phi) is 9.14. The van der Waals surface area contributed by atoms with Crippen LogP contribution in [0, 0.1) is 0 Å². The summed E-state index contributed by atoms with van der Waals surface area (Å²) in [6.45, 7) is 23.4. The van der Waals surface area contributed by atoms with Gasteiger partial charge in [0.1, 0.15) is 11.5 Å². The van der Waals surface area contributed by atoms with Crippen molar-refractivity contribution in [1.82, 2.24) is 0 Å². The van der Waals surface area contributed by atoms with E-state index < -0.39 is 16.6 Å². The Bertz CT molecular complexity index is 875. The van der Waals surface area contributed by atoms with Gasteiger partial charge in [-0.3, -0.25) is 0 Å². The molecule has 0 N–H and O–H groups in total. The maximum absolute atomic E-state index is 7.04. The van der Waals surface area contributed by atoms with Gasteiger partial charge in [0.05, 0.1) is 0 Å². The molecule has 0 aliphatic heterocycles. The fraction of sp³-hybridized carbons (Fsp3) is 0.688. The molecule has 0 spiro atoms. The first kappa shape index (κ1) is 29.3. The monoisotopic (exact) mass is 526 g/mol. The summed E-state index contributed by atoms with van der Waals surface area (Å²) in [4.78, 5) is 0. The lowest BCUT2D eigenvalue weighted by molar-refractivity contribution is 0.480. The molecule has 0 radical (unpaired) electrons. The molecule has 0 amide bonds. The van der Waals surface area contributed by atoms with Gasteiger partial charge >= 0.3 is 0 Å². The molecule has 1 aromatic rings. The predicted molar refractivity (Wildman–Crippen MR) is 164 cm³/mol. The minimum absolute atomic E-state index is 0.153. The molecule has 0 unspecified atom stereocenters. The van der Waals surface area contributed by atoms with E-state index in [1.54, 1.807) is 11.1 Å². The first-order valence-corrected chi connectivity index (χ1v) is 20.4. The number of allylic oxidation sites excluding steroid dienone is 2. The van der Waals surface area contributed by atoms with Gasteiger partial charge in [0.2, 0.25) is 0 Å². The van der Waals surface area contributed by atoms with Crippen LogP contribution in [0.2, 0.25) is 36.3 Å². The molecule has 0 heterocycles. The molecule has 4 heteroatoms. The average Bonchev–Trinajstić information content (AvgIpc) is 2.76. The molecule has 0 saturated heterocycles. The molecular weight excluding hydrogens is 473 g/mol. The van der Waals surface area contributed by atoms with Crippen molar-refractivity contribution in [2.45, 2.75) is 142 Å². The Labute approximate surface area is 225 Å². The summed E-state index contributed by atoms with van der Waals surface area (Å²) in [5, 5.41) is 0.307. The van der Waals surface area contributed by atoms with Gasteiger partial charge in [0, 0.05) is 11.1 Å². The molecule has 0 atom stereocenters. The summed E-state index contributed by atoms with van der Waals surface area (Å²) in [5.41, 5.74) is 5.57. The van der Waals surface area contributed by atoms with E-state index in [4.69, 9.17) is 8.85 Å². The first-order valence-electron chi connectivity index (χ1n) is 14.5. The maximum Gasteiger partial charge on any atom is 0.250 e. The van der Waals surface area contributed by atoms with E-state index in [-0.39, 0.29) is 10.1 Å². The molecule has 3 rings (SSSR count). The summed E-state index contributed by atoms with van der Waals surface area (Å²) in [6, 6.07) is 4.67. The minimum atomic E-state index is -1.99. The predicted octanol–water partition coefficient (Wildman–Crippen LogP) is 11.1. The second-order valence-corrected chi connectivity index (χ2v) is 23.8. The van der Waals surface area contributed by atoms with E-state index >= 15 is 0 Å². The number of hydrogen-bond acceptors (Lipinski definition) is 2. The number of hydrogen-bond donors (Lipinski definition) is 0.